The van der Waals surface area contributed by atoms with E-state index in [-0.39, 0.29) is 0 Å². The number of rotatable bonds is 7. The van der Waals surface area contributed by atoms with Gasteiger partial charge in [-0.1, -0.05) is 0 Å². The van der Waals surface area contributed by atoms with E-state index in [4.69, 9.17) is 10.8 Å². The predicted octanol–water partition coefficient (Wildman–Crippen LogP) is -0.244. The standard InChI is InChI=1S/C10H19N3O4S/c1-10(2,8(11)16)13-9(17)12-6(7(14)15)4-5-18-3/h6H,4-5H2,1-3H3,(H2,11,16)(H,14,15)(H2,12,13,17). The van der Waals surface area contributed by atoms with Crippen molar-refractivity contribution in [2.24, 2.45) is 5.73 Å². The molecule has 0 bridgehead atoms. The molecule has 0 saturated carbocycles. The zero-order chi connectivity index (χ0) is 14.3. The number of aliphatic carboxylic acids is 1. The molecule has 0 heterocycles. The topological polar surface area (TPSA) is 122 Å². The van der Waals surface area contributed by atoms with E-state index in [1.807, 2.05) is 6.26 Å². The average molecular weight is 277 g/mol. The molecule has 1 unspecified atom stereocenters. The molecule has 18 heavy (non-hydrogen) atoms. The normalized spacial score (nSPS) is 12.6. The molecular formula is C10H19N3O4S. The van der Waals surface area contributed by atoms with E-state index in [0.29, 0.717) is 12.2 Å². The van der Waals surface area contributed by atoms with Crippen molar-refractivity contribution < 1.29 is 19.5 Å². The van der Waals surface area contributed by atoms with Gasteiger partial charge in [-0.15, -0.1) is 0 Å². The molecule has 0 aliphatic rings. The van der Waals surface area contributed by atoms with Crippen molar-refractivity contribution >= 4 is 29.7 Å². The monoisotopic (exact) mass is 277 g/mol. The number of carboxylic acids is 1. The van der Waals surface area contributed by atoms with Gasteiger partial charge in [0.2, 0.25) is 5.91 Å². The first kappa shape index (κ1) is 16.6. The fourth-order valence-electron chi connectivity index (χ4n) is 1.03. The number of hydrogen-bond acceptors (Lipinski definition) is 4. The van der Waals surface area contributed by atoms with E-state index in [1.165, 1.54) is 25.6 Å². The molecule has 104 valence electrons. The number of nitrogens with one attached hydrogen (secondary N) is 2. The maximum absolute atomic E-state index is 11.5. The lowest BCUT2D eigenvalue weighted by Gasteiger charge is -2.24. The van der Waals surface area contributed by atoms with Crippen LogP contribution < -0.4 is 16.4 Å². The molecule has 0 aliphatic heterocycles. The number of primary amides is 1. The van der Waals surface area contributed by atoms with Crippen LogP contribution in [-0.2, 0) is 9.59 Å². The lowest BCUT2D eigenvalue weighted by molar-refractivity contribution is -0.139. The highest BCUT2D eigenvalue weighted by Gasteiger charge is 2.28. The summed E-state index contributed by atoms with van der Waals surface area (Å²) in [5, 5.41) is 13.5. The maximum Gasteiger partial charge on any atom is 0.326 e. The van der Waals surface area contributed by atoms with Crippen LogP contribution in [0.4, 0.5) is 4.79 Å². The second-order valence-corrected chi connectivity index (χ2v) is 5.25. The van der Waals surface area contributed by atoms with Gasteiger partial charge in [0.15, 0.2) is 0 Å². The molecule has 8 heteroatoms. The lowest BCUT2D eigenvalue weighted by Crippen LogP contribution is -2.58. The second-order valence-electron chi connectivity index (χ2n) is 4.26. The van der Waals surface area contributed by atoms with Crippen LogP contribution >= 0.6 is 11.8 Å². The first-order valence-corrected chi connectivity index (χ1v) is 6.70. The maximum atomic E-state index is 11.5. The molecule has 0 spiro atoms. The van der Waals surface area contributed by atoms with Crippen LogP contribution in [-0.4, -0.2) is 46.6 Å². The van der Waals surface area contributed by atoms with E-state index in [9.17, 15) is 14.4 Å². The number of carbonyl (C=O) groups is 3. The van der Waals surface area contributed by atoms with E-state index < -0.39 is 29.5 Å². The molecule has 3 amide bonds. The van der Waals surface area contributed by atoms with Crippen LogP contribution in [0.2, 0.25) is 0 Å². The average Bonchev–Trinajstić information content (AvgIpc) is 2.22. The van der Waals surface area contributed by atoms with Crippen molar-refractivity contribution in [3.63, 3.8) is 0 Å². The predicted molar refractivity (Wildman–Crippen MR) is 69.4 cm³/mol. The number of amides is 3. The number of carboxylic acid groups (broad SMARTS) is 1. The summed E-state index contributed by atoms with van der Waals surface area (Å²) < 4.78 is 0. The van der Waals surface area contributed by atoms with Gasteiger partial charge in [-0.25, -0.2) is 9.59 Å². The molecular weight excluding hydrogens is 258 g/mol. The summed E-state index contributed by atoms with van der Waals surface area (Å²) in [6, 6.07) is -1.71. The molecule has 0 rings (SSSR count). The third-order valence-corrected chi connectivity index (χ3v) is 2.90. The van der Waals surface area contributed by atoms with Crippen LogP contribution in [0.1, 0.15) is 20.3 Å². The van der Waals surface area contributed by atoms with E-state index >= 15 is 0 Å². The van der Waals surface area contributed by atoms with Crippen LogP contribution in [0, 0.1) is 0 Å². The van der Waals surface area contributed by atoms with Gasteiger partial charge in [0.25, 0.3) is 0 Å². The van der Waals surface area contributed by atoms with E-state index in [1.54, 1.807) is 0 Å². The molecule has 7 nitrogen and oxygen atoms in total. The minimum atomic E-state index is -1.23. The first-order chi connectivity index (χ1) is 8.20. The fraction of sp³-hybridized carbons (Fsp3) is 0.700. The van der Waals surface area contributed by atoms with Gasteiger partial charge >= 0.3 is 12.0 Å². The van der Waals surface area contributed by atoms with Gasteiger partial charge in [0.1, 0.15) is 11.6 Å². The molecule has 0 aromatic rings. The Morgan fingerprint density at radius 2 is 1.94 bits per heavy atom. The molecule has 0 saturated heterocycles. The molecule has 0 aliphatic carbocycles. The summed E-state index contributed by atoms with van der Waals surface area (Å²) in [4.78, 5) is 33.4. The highest BCUT2D eigenvalue weighted by molar-refractivity contribution is 7.98. The lowest BCUT2D eigenvalue weighted by atomic mass is 10.1. The number of hydrogen-bond donors (Lipinski definition) is 4. The summed E-state index contributed by atoms with van der Waals surface area (Å²) in [6.45, 7) is 2.87. The molecule has 0 radical (unpaired) electrons. The zero-order valence-corrected chi connectivity index (χ0v) is 11.5. The van der Waals surface area contributed by atoms with Crippen molar-refractivity contribution in [2.45, 2.75) is 31.8 Å². The van der Waals surface area contributed by atoms with Crippen molar-refractivity contribution in [3.05, 3.63) is 0 Å². The van der Waals surface area contributed by atoms with E-state index in [2.05, 4.69) is 10.6 Å². The third kappa shape index (κ3) is 5.76. The minimum Gasteiger partial charge on any atom is -0.480 e. The number of carbonyl (C=O) groups excluding carboxylic acids is 2. The van der Waals surface area contributed by atoms with Gasteiger partial charge in [0, 0.05) is 0 Å². The Morgan fingerprint density at radius 3 is 2.33 bits per heavy atom. The van der Waals surface area contributed by atoms with Gasteiger partial charge < -0.3 is 21.5 Å². The highest BCUT2D eigenvalue weighted by Crippen LogP contribution is 2.03. The van der Waals surface area contributed by atoms with Crippen molar-refractivity contribution in [2.75, 3.05) is 12.0 Å². The Balaban J connectivity index is 4.43. The summed E-state index contributed by atoms with van der Waals surface area (Å²) in [7, 11) is 0. The Morgan fingerprint density at radius 1 is 1.39 bits per heavy atom. The Kier molecular flexibility index (Phi) is 6.53. The van der Waals surface area contributed by atoms with Crippen LogP contribution in [0.5, 0.6) is 0 Å². The number of nitrogens with two attached hydrogens (primary N) is 1. The minimum absolute atomic E-state index is 0.306. The van der Waals surface area contributed by atoms with Gasteiger partial charge in [-0.05, 0) is 32.3 Å². The van der Waals surface area contributed by atoms with Crippen LogP contribution in [0.25, 0.3) is 0 Å². The molecule has 1 atom stereocenters. The third-order valence-electron chi connectivity index (χ3n) is 2.26. The SMILES string of the molecule is CSCCC(NC(=O)NC(C)(C)C(N)=O)C(=O)O. The summed E-state index contributed by atoms with van der Waals surface area (Å²) in [6.07, 6.45) is 2.15. The Labute approximate surface area is 110 Å². The van der Waals surface area contributed by atoms with Crippen molar-refractivity contribution in [1.29, 1.82) is 0 Å². The summed E-state index contributed by atoms with van der Waals surface area (Å²) in [5.41, 5.74) is 3.86. The highest BCUT2D eigenvalue weighted by atomic mass is 32.2. The number of urea groups is 1. The second kappa shape index (κ2) is 7.10. The van der Waals surface area contributed by atoms with Crippen LogP contribution in [0.3, 0.4) is 0 Å². The van der Waals surface area contributed by atoms with Crippen LogP contribution in [0.15, 0.2) is 0 Å². The molecule has 0 fully saturated rings. The number of thioether (sulfide) groups is 1. The van der Waals surface area contributed by atoms with E-state index in [0.717, 1.165) is 0 Å². The molecule has 5 N–H and O–H groups in total. The fourth-order valence-corrected chi connectivity index (χ4v) is 1.50. The van der Waals surface area contributed by atoms with Crippen molar-refractivity contribution in [1.82, 2.24) is 10.6 Å². The van der Waals surface area contributed by atoms with Gasteiger partial charge in [-0.2, -0.15) is 11.8 Å². The zero-order valence-electron chi connectivity index (χ0n) is 10.6. The van der Waals surface area contributed by atoms with Gasteiger partial charge in [-0.3, -0.25) is 4.79 Å². The van der Waals surface area contributed by atoms with Gasteiger partial charge in [0.05, 0.1) is 0 Å². The molecule has 0 aromatic heterocycles. The molecule has 0 aromatic carbocycles. The Hall–Kier alpha value is -1.44. The Bertz CT molecular complexity index is 333. The largest absolute Gasteiger partial charge is 0.480 e. The van der Waals surface area contributed by atoms with Crippen molar-refractivity contribution in [3.8, 4) is 0 Å². The summed E-state index contributed by atoms with van der Waals surface area (Å²) in [5.74, 6) is -1.21. The summed E-state index contributed by atoms with van der Waals surface area (Å²) >= 11 is 1.48. The quantitative estimate of drug-likeness (QED) is 0.511. The first-order valence-electron chi connectivity index (χ1n) is 5.31. The smallest absolute Gasteiger partial charge is 0.326 e.